The summed E-state index contributed by atoms with van der Waals surface area (Å²) >= 11 is 0. The number of nitrogens with zero attached hydrogens (tertiary/aromatic N) is 1. The van der Waals surface area contributed by atoms with Crippen LogP contribution >= 0.6 is 0 Å². The first-order valence-corrected chi connectivity index (χ1v) is 10.3. The highest BCUT2D eigenvalue weighted by atomic mass is 16.6. The molecule has 0 aromatic rings. The maximum Gasteiger partial charge on any atom is 0.241 e. The largest absolute Gasteiger partial charge is 0.394 e. The highest BCUT2D eigenvalue weighted by molar-refractivity contribution is 5.83. The molecule has 1 amide bonds. The number of nitrogens with one attached hydrogen (secondary N) is 1. The van der Waals surface area contributed by atoms with Crippen LogP contribution in [0, 0.1) is 0 Å². The Morgan fingerprint density at radius 3 is 2.35 bits per heavy atom. The molecule has 7 heteroatoms. The SMILES string of the molecule is CCCCCCCCCC[C@@H]1NCCN([C@@H]2O[C@H](CO)[C@@H](O)[C@H]2O)C1=O. The normalized spacial score (nSPS) is 32.4. The Morgan fingerprint density at radius 2 is 1.73 bits per heavy atom. The Balaban J connectivity index is 1.72. The molecule has 0 spiro atoms. The molecule has 0 aliphatic carbocycles. The fraction of sp³-hybridized carbons (Fsp3) is 0.947. The van der Waals surface area contributed by atoms with Crippen molar-refractivity contribution in [2.24, 2.45) is 0 Å². The van der Waals surface area contributed by atoms with E-state index in [4.69, 9.17) is 4.74 Å². The van der Waals surface area contributed by atoms with Crippen molar-refractivity contribution in [2.45, 2.75) is 95.3 Å². The smallest absolute Gasteiger partial charge is 0.241 e. The van der Waals surface area contributed by atoms with Gasteiger partial charge in [0.15, 0.2) is 6.23 Å². The molecule has 2 fully saturated rings. The lowest BCUT2D eigenvalue weighted by atomic mass is 10.0. The lowest BCUT2D eigenvalue weighted by Crippen LogP contribution is -2.60. The van der Waals surface area contributed by atoms with E-state index in [1.54, 1.807) is 0 Å². The second kappa shape index (κ2) is 11.2. The van der Waals surface area contributed by atoms with E-state index < -0.39 is 24.5 Å². The summed E-state index contributed by atoms with van der Waals surface area (Å²) in [5.74, 6) is -0.0889. The first kappa shape index (κ1) is 21.6. The molecule has 0 unspecified atom stereocenters. The Hall–Kier alpha value is -0.730. The Morgan fingerprint density at radius 1 is 1.08 bits per heavy atom. The molecule has 2 aliphatic rings. The van der Waals surface area contributed by atoms with Gasteiger partial charge in [-0.1, -0.05) is 58.3 Å². The zero-order valence-electron chi connectivity index (χ0n) is 16.0. The maximum absolute atomic E-state index is 12.7. The van der Waals surface area contributed by atoms with Crippen molar-refractivity contribution < 1.29 is 24.9 Å². The number of carbonyl (C=O) groups excluding carboxylic acids is 1. The van der Waals surface area contributed by atoms with Crippen LogP contribution in [0.3, 0.4) is 0 Å². The standard InChI is InChI=1S/C19H36N2O5/c1-2-3-4-5-6-7-8-9-10-14-18(25)21(12-11-20-14)19-17(24)16(23)15(13-22)26-19/h14-17,19-20,22-24H,2-13H2,1H3/t14-,15+,16+,17+,19+/m0/s1. The highest BCUT2D eigenvalue weighted by Gasteiger charge is 2.47. The summed E-state index contributed by atoms with van der Waals surface area (Å²) in [7, 11) is 0. The number of aliphatic hydroxyl groups excluding tert-OH is 3. The Labute approximate surface area is 156 Å². The molecule has 0 radical (unpaired) electrons. The molecule has 0 bridgehead atoms. The van der Waals surface area contributed by atoms with Gasteiger partial charge in [-0.05, 0) is 6.42 Å². The van der Waals surface area contributed by atoms with Gasteiger partial charge in [0.1, 0.15) is 18.3 Å². The molecule has 7 nitrogen and oxygen atoms in total. The summed E-state index contributed by atoms with van der Waals surface area (Å²) in [6.07, 6.45) is 6.51. The van der Waals surface area contributed by atoms with Crippen molar-refractivity contribution in [2.75, 3.05) is 19.7 Å². The fourth-order valence-electron chi connectivity index (χ4n) is 3.85. The number of hydrogen-bond acceptors (Lipinski definition) is 6. The van der Waals surface area contributed by atoms with E-state index in [-0.39, 0.29) is 18.6 Å². The van der Waals surface area contributed by atoms with Crippen molar-refractivity contribution >= 4 is 5.91 Å². The topological polar surface area (TPSA) is 102 Å². The molecular weight excluding hydrogens is 336 g/mol. The number of amides is 1. The first-order chi connectivity index (χ1) is 12.6. The number of aliphatic hydroxyl groups is 3. The van der Waals surface area contributed by atoms with E-state index in [1.807, 2.05) is 0 Å². The van der Waals surface area contributed by atoms with Crippen molar-refractivity contribution in [3.8, 4) is 0 Å². The number of ether oxygens (including phenoxy) is 1. The molecule has 2 saturated heterocycles. The molecular formula is C19H36N2O5. The summed E-state index contributed by atoms with van der Waals surface area (Å²) in [5.41, 5.74) is 0. The van der Waals surface area contributed by atoms with Crippen molar-refractivity contribution in [1.29, 1.82) is 0 Å². The third-order valence-corrected chi connectivity index (χ3v) is 5.50. The summed E-state index contributed by atoms with van der Waals surface area (Å²) < 4.78 is 5.51. The van der Waals surface area contributed by atoms with Gasteiger partial charge in [0.25, 0.3) is 0 Å². The molecule has 26 heavy (non-hydrogen) atoms. The summed E-state index contributed by atoms with van der Waals surface area (Å²) in [6, 6.07) is -0.259. The van der Waals surface area contributed by atoms with E-state index >= 15 is 0 Å². The minimum Gasteiger partial charge on any atom is -0.394 e. The van der Waals surface area contributed by atoms with Crippen molar-refractivity contribution in [1.82, 2.24) is 10.2 Å². The van der Waals surface area contributed by atoms with Crippen molar-refractivity contribution in [3.05, 3.63) is 0 Å². The van der Waals surface area contributed by atoms with Gasteiger partial charge in [-0.15, -0.1) is 0 Å². The lowest BCUT2D eigenvalue weighted by molar-refractivity contribution is -0.158. The number of piperazine rings is 1. The minimum absolute atomic E-state index is 0.0889. The zero-order chi connectivity index (χ0) is 18.9. The molecule has 4 N–H and O–H groups in total. The van der Waals surface area contributed by atoms with Gasteiger partial charge < -0.3 is 30.3 Å². The Kier molecular flexibility index (Phi) is 9.28. The molecule has 0 aromatic carbocycles. The quantitative estimate of drug-likeness (QED) is 0.399. The Bertz CT molecular complexity index is 423. The average Bonchev–Trinajstić information content (AvgIpc) is 2.93. The summed E-state index contributed by atoms with van der Waals surface area (Å²) in [6.45, 7) is 2.91. The van der Waals surface area contributed by atoms with E-state index in [0.29, 0.717) is 13.1 Å². The predicted molar refractivity (Wildman–Crippen MR) is 98.5 cm³/mol. The van der Waals surface area contributed by atoms with Crippen LogP contribution in [0.15, 0.2) is 0 Å². The van der Waals surface area contributed by atoms with Gasteiger partial charge in [-0.3, -0.25) is 4.79 Å². The third-order valence-electron chi connectivity index (χ3n) is 5.50. The zero-order valence-corrected chi connectivity index (χ0v) is 16.0. The highest BCUT2D eigenvalue weighted by Crippen LogP contribution is 2.26. The van der Waals surface area contributed by atoms with Crippen LogP contribution in [0.1, 0.15) is 64.7 Å². The van der Waals surface area contributed by atoms with Crippen LogP contribution in [0.2, 0.25) is 0 Å². The van der Waals surface area contributed by atoms with E-state index in [1.165, 1.54) is 43.4 Å². The van der Waals surface area contributed by atoms with Crippen LogP contribution in [-0.4, -0.2) is 76.4 Å². The van der Waals surface area contributed by atoms with Gasteiger partial charge in [0, 0.05) is 13.1 Å². The van der Waals surface area contributed by atoms with Crippen molar-refractivity contribution in [3.63, 3.8) is 0 Å². The predicted octanol–water partition coefficient (Wildman–Crippen LogP) is 0.757. The van der Waals surface area contributed by atoms with E-state index in [0.717, 1.165) is 19.3 Å². The lowest BCUT2D eigenvalue weighted by Gasteiger charge is -2.37. The summed E-state index contributed by atoms with van der Waals surface area (Å²) in [4.78, 5) is 14.2. The first-order valence-electron chi connectivity index (χ1n) is 10.3. The van der Waals surface area contributed by atoms with E-state index in [9.17, 15) is 20.1 Å². The fourth-order valence-corrected chi connectivity index (χ4v) is 3.85. The number of unbranched alkanes of at least 4 members (excludes halogenated alkanes) is 7. The molecule has 152 valence electrons. The molecule has 2 aliphatic heterocycles. The minimum atomic E-state index is -1.18. The third kappa shape index (κ3) is 5.63. The van der Waals surface area contributed by atoms with Crippen LogP contribution in [0.5, 0.6) is 0 Å². The van der Waals surface area contributed by atoms with E-state index in [2.05, 4.69) is 12.2 Å². The van der Waals surface area contributed by atoms with Crippen LogP contribution in [0.25, 0.3) is 0 Å². The van der Waals surface area contributed by atoms with Gasteiger partial charge in [-0.2, -0.15) is 0 Å². The van der Waals surface area contributed by atoms with Gasteiger partial charge in [0.05, 0.1) is 12.6 Å². The van der Waals surface area contributed by atoms with Crippen LogP contribution < -0.4 is 5.32 Å². The molecule has 0 saturated carbocycles. The van der Waals surface area contributed by atoms with Gasteiger partial charge in [0.2, 0.25) is 5.91 Å². The maximum atomic E-state index is 12.7. The van der Waals surface area contributed by atoms with Gasteiger partial charge >= 0.3 is 0 Å². The number of rotatable bonds is 11. The summed E-state index contributed by atoms with van der Waals surface area (Å²) in [5, 5.41) is 32.5. The average molecular weight is 373 g/mol. The molecule has 5 atom stereocenters. The monoisotopic (exact) mass is 372 g/mol. The number of hydrogen-bond donors (Lipinski definition) is 4. The second-order valence-corrected chi connectivity index (χ2v) is 7.53. The van der Waals surface area contributed by atoms with Crippen LogP contribution in [0.4, 0.5) is 0 Å². The van der Waals surface area contributed by atoms with Crippen LogP contribution in [-0.2, 0) is 9.53 Å². The molecule has 0 aromatic heterocycles. The second-order valence-electron chi connectivity index (χ2n) is 7.53. The number of carbonyl (C=O) groups is 1. The molecule has 2 heterocycles. The molecule has 2 rings (SSSR count). The van der Waals surface area contributed by atoms with Gasteiger partial charge in [-0.25, -0.2) is 0 Å².